The second-order valence-corrected chi connectivity index (χ2v) is 8.63. The van der Waals surface area contributed by atoms with Crippen molar-refractivity contribution in [2.45, 2.75) is 19.0 Å². The second-order valence-electron chi connectivity index (χ2n) is 7.60. The molecule has 0 bridgehead atoms. The molecular formula is C25H26F3N3O4S. The molecule has 0 spiro atoms. The van der Waals surface area contributed by atoms with E-state index in [-0.39, 0.29) is 30.2 Å². The van der Waals surface area contributed by atoms with Crippen LogP contribution in [-0.4, -0.2) is 37.1 Å². The fourth-order valence-corrected chi connectivity index (χ4v) is 4.16. The minimum absolute atomic E-state index is 0.0416. The minimum atomic E-state index is -4.17. The number of nitrogen functional groups attached to an aromatic ring is 2. The third-order valence-corrected chi connectivity index (χ3v) is 5.96. The first-order chi connectivity index (χ1) is 17.1. The van der Waals surface area contributed by atoms with Crippen LogP contribution >= 0.6 is 11.3 Å². The van der Waals surface area contributed by atoms with Crippen molar-refractivity contribution in [2.75, 3.05) is 32.3 Å². The molecule has 4 aromatic rings. The highest BCUT2D eigenvalue weighted by Crippen LogP contribution is 2.37. The maximum absolute atomic E-state index is 11.8. The van der Waals surface area contributed by atoms with Crippen molar-refractivity contribution in [1.29, 1.82) is 0 Å². The smallest absolute Gasteiger partial charge is 0.389 e. The van der Waals surface area contributed by atoms with E-state index in [4.69, 9.17) is 30.8 Å². The molecular weight excluding hydrogens is 495 g/mol. The molecule has 0 unspecified atom stereocenters. The third-order valence-electron chi connectivity index (χ3n) is 4.91. The van der Waals surface area contributed by atoms with E-state index in [0.717, 1.165) is 32.3 Å². The number of phenols is 1. The SMILES string of the molecule is COc1ccc2nc(-c3ccc(N)cc3OC)sc2c1.Nc1ccc(O)cc1OCCCC(F)(F)F. The van der Waals surface area contributed by atoms with Crippen LogP contribution in [0.2, 0.25) is 0 Å². The van der Waals surface area contributed by atoms with Gasteiger partial charge in [0, 0.05) is 24.2 Å². The van der Waals surface area contributed by atoms with E-state index in [9.17, 15) is 13.2 Å². The lowest BCUT2D eigenvalue weighted by Gasteiger charge is -2.10. The molecule has 0 radical (unpaired) electrons. The summed E-state index contributed by atoms with van der Waals surface area (Å²) in [7, 11) is 3.29. The van der Waals surface area contributed by atoms with Gasteiger partial charge in [0.05, 0.1) is 42.3 Å². The van der Waals surface area contributed by atoms with Gasteiger partial charge in [-0.15, -0.1) is 11.3 Å². The molecule has 11 heteroatoms. The highest BCUT2D eigenvalue weighted by atomic mass is 32.1. The van der Waals surface area contributed by atoms with E-state index in [1.807, 2.05) is 36.4 Å². The zero-order valence-corrected chi connectivity index (χ0v) is 20.4. The molecule has 0 fully saturated rings. The Hall–Kier alpha value is -3.86. The Bertz CT molecular complexity index is 1310. The van der Waals surface area contributed by atoms with Gasteiger partial charge < -0.3 is 30.8 Å². The van der Waals surface area contributed by atoms with Crippen molar-refractivity contribution < 1.29 is 32.5 Å². The van der Waals surface area contributed by atoms with Crippen LogP contribution in [0.25, 0.3) is 20.8 Å². The summed E-state index contributed by atoms with van der Waals surface area (Å²) >= 11 is 1.60. The molecule has 0 saturated carbocycles. The van der Waals surface area contributed by atoms with E-state index in [1.54, 1.807) is 25.6 Å². The molecule has 1 aromatic heterocycles. The number of aromatic hydroxyl groups is 1. The first-order valence-electron chi connectivity index (χ1n) is 10.8. The van der Waals surface area contributed by atoms with E-state index in [1.165, 1.54) is 18.2 Å². The van der Waals surface area contributed by atoms with Crippen molar-refractivity contribution >= 4 is 32.9 Å². The lowest BCUT2D eigenvalue weighted by molar-refractivity contribution is -0.136. The summed E-state index contributed by atoms with van der Waals surface area (Å²) in [5.41, 5.74) is 14.1. The fraction of sp³-hybridized carbons (Fsp3) is 0.240. The Labute approximate surface area is 210 Å². The van der Waals surface area contributed by atoms with Crippen molar-refractivity contribution in [3.05, 3.63) is 54.6 Å². The number of methoxy groups -OCH3 is 2. The van der Waals surface area contributed by atoms with Crippen molar-refractivity contribution in [3.63, 3.8) is 0 Å². The molecule has 0 amide bonds. The van der Waals surface area contributed by atoms with Gasteiger partial charge in [0.1, 0.15) is 28.0 Å². The lowest BCUT2D eigenvalue weighted by atomic mass is 10.2. The number of alkyl halides is 3. The van der Waals surface area contributed by atoms with Crippen LogP contribution in [0.4, 0.5) is 24.5 Å². The predicted octanol–water partition coefficient (Wildman–Crippen LogP) is 6.26. The maximum atomic E-state index is 11.8. The molecule has 5 N–H and O–H groups in total. The van der Waals surface area contributed by atoms with Gasteiger partial charge in [-0.1, -0.05) is 0 Å². The first-order valence-corrected chi connectivity index (χ1v) is 11.6. The molecule has 3 aromatic carbocycles. The molecule has 7 nitrogen and oxygen atoms in total. The average Bonchev–Trinajstić information content (AvgIpc) is 3.26. The molecule has 0 atom stereocenters. The molecule has 0 saturated heterocycles. The van der Waals surface area contributed by atoms with Gasteiger partial charge in [-0.2, -0.15) is 13.2 Å². The topological polar surface area (TPSA) is 113 Å². The average molecular weight is 522 g/mol. The van der Waals surface area contributed by atoms with E-state index < -0.39 is 12.6 Å². The molecule has 0 aliphatic carbocycles. The van der Waals surface area contributed by atoms with Crippen LogP contribution in [0.15, 0.2) is 54.6 Å². The van der Waals surface area contributed by atoms with Gasteiger partial charge in [-0.05, 0) is 48.9 Å². The normalized spacial score (nSPS) is 11.0. The Morgan fingerprint density at radius 1 is 0.944 bits per heavy atom. The highest BCUT2D eigenvalue weighted by Gasteiger charge is 2.26. The Kier molecular flexibility index (Phi) is 8.70. The third kappa shape index (κ3) is 7.32. The molecule has 192 valence electrons. The van der Waals surface area contributed by atoms with Crippen molar-refractivity contribution in [2.24, 2.45) is 0 Å². The summed E-state index contributed by atoms with van der Waals surface area (Å²) in [6, 6.07) is 15.5. The number of nitrogens with two attached hydrogens (primary N) is 2. The summed E-state index contributed by atoms with van der Waals surface area (Å²) in [6.07, 6.45) is -5.21. The van der Waals surface area contributed by atoms with Gasteiger partial charge in [0.2, 0.25) is 0 Å². The van der Waals surface area contributed by atoms with Gasteiger partial charge in [0.25, 0.3) is 0 Å². The summed E-state index contributed by atoms with van der Waals surface area (Å²) in [6.45, 7) is -0.0901. The predicted molar refractivity (Wildman–Crippen MR) is 136 cm³/mol. The number of aromatic nitrogens is 1. The second kappa shape index (κ2) is 11.7. The van der Waals surface area contributed by atoms with Crippen molar-refractivity contribution in [1.82, 2.24) is 4.98 Å². The zero-order chi connectivity index (χ0) is 26.3. The monoisotopic (exact) mass is 521 g/mol. The number of anilines is 2. The van der Waals surface area contributed by atoms with Gasteiger partial charge in [-0.3, -0.25) is 0 Å². The van der Waals surface area contributed by atoms with Gasteiger partial charge in [-0.25, -0.2) is 4.98 Å². The fourth-order valence-electron chi connectivity index (χ4n) is 3.13. The molecule has 1 heterocycles. The van der Waals surface area contributed by atoms with Gasteiger partial charge >= 0.3 is 6.18 Å². The summed E-state index contributed by atoms with van der Waals surface area (Å²) in [5, 5.41) is 10.0. The molecule has 4 rings (SSSR count). The van der Waals surface area contributed by atoms with Crippen LogP contribution in [0.3, 0.4) is 0 Å². The number of thiazole rings is 1. The van der Waals surface area contributed by atoms with E-state index in [2.05, 4.69) is 4.98 Å². The number of rotatable bonds is 7. The van der Waals surface area contributed by atoms with E-state index in [0.29, 0.717) is 5.69 Å². The number of nitrogens with zero attached hydrogens (tertiary/aromatic N) is 1. The summed E-state index contributed by atoms with van der Waals surface area (Å²) in [4.78, 5) is 4.64. The van der Waals surface area contributed by atoms with Gasteiger partial charge in [0.15, 0.2) is 0 Å². The summed E-state index contributed by atoms with van der Waals surface area (Å²) < 4.78 is 52.1. The standard InChI is InChI=1S/C15H14N2O2S.C10H12F3NO2/c1-18-10-4-6-12-14(8-10)20-15(17-12)11-5-3-9(16)7-13(11)19-2;11-10(12,13)4-1-5-16-9-6-7(15)2-3-8(9)14/h3-8H,16H2,1-2H3;2-3,6,15H,1,4-5,14H2. The molecule has 0 aliphatic heterocycles. The first kappa shape index (κ1) is 26.7. The lowest BCUT2D eigenvalue weighted by Crippen LogP contribution is -2.10. The zero-order valence-electron chi connectivity index (χ0n) is 19.6. The minimum Gasteiger partial charge on any atom is -0.508 e. The van der Waals surface area contributed by atoms with Crippen molar-refractivity contribution in [3.8, 4) is 33.6 Å². The van der Waals surface area contributed by atoms with Crippen LogP contribution in [0, 0.1) is 0 Å². The number of hydrogen-bond donors (Lipinski definition) is 3. The van der Waals surface area contributed by atoms with Crippen LogP contribution in [0.5, 0.6) is 23.0 Å². The number of hydrogen-bond acceptors (Lipinski definition) is 8. The Morgan fingerprint density at radius 2 is 1.72 bits per heavy atom. The quantitative estimate of drug-likeness (QED) is 0.149. The number of phenolic OH excluding ortho intramolecular Hbond substituents is 1. The maximum Gasteiger partial charge on any atom is 0.389 e. The van der Waals surface area contributed by atoms with Crippen LogP contribution in [-0.2, 0) is 0 Å². The Balaban J connectivity index is 0.000000207. The number of halogens is 3. The van der Waals surface area contributed by atoms with Crippen LogP contribution < -0.4 is 25.7 Å². The molecule has 36 heavy (non-hydrogen) atoms. The highest BCUT2D eigenvalue weighted by molar-refractivity contribution is 7.21. The Morgan fingerprint density at radius 3 is 2.42 bits per heavy atom. The number of ether oxygens (including phenoxy) is 3. The number of benzene rings is 3. The molecule has 0 aliphatic rings. The van der Waals surface area contributed by atoms with Crippen LogP contribution in [0.1, 0.15) is 12.8 Å². The number of fused-ring (bicyclic) bond motifs is 1. The van der Waals surface area contributed by atoms with E-state index >= 15 is 0 Å². The summed E-state index contributed by atoms with van der Waals surface area (Å²) in [5.74, 6) is 1.72. The largest absolute Gasteiger partial charge is 0.508 e.